The highest BCUT2D eigenvalue weighted by molar-refractivity contribution is 7.89. The summed E-state index contributed by atoms with van der Waals surface area (Å²) in [6.45, 7) is 2.86. The van der Waals surface area contributed by atoms with Crippen LogP contribution in [0.1, 0.15) is 50.2 Å². The lowest BCUT2D eigenvalue weighted by atomic mass is 9.93. The number of nitrogens with one attached hydrogen (secondary N) is 1. The van der Waals surface area contributed by atoms with Crippen molar-refractivity contribution in [3.8, 4) is 0 Å². The van der Waals surface area contributed by atoms with Gasteiger partial charge in [0.25, 0.3) is 0 Å². The number of aryl methyl sites for hydroxylation is 1. The lowest BCUT2D eigenvalue weighted by Crippen LogP contribution is -2.18. The van der Waals surface area contributed by atoms with Gasteiger partial charge in [-0.15, -0.1) is 0 Å². The number of benzene rings is 2. The largest absolute Gasteiger partial charge is 0.385 e. The van der Waals surface area contributed by atoms with Gasteiger partial charge >= 0.3 is 0 Å². The van der Waals surface area contributed by atoms with E-state index in [0.29, 0.717) is 35.9 Å². The van der Waals surface area contributed by atoms with Gasteiger partial charge in [-0.25, -0.2) is 8.42 Å². The summed E-state index contributed by atoms with van der Waals surface area (Å²) >= 11 is 12.1. The summed E-state index contributed by atoms with van der Waals surface area (Å²) < 4.78 is 22.8. The molecule has 4 nitrogen and oxygen atoms in total. The van der Waals surface area contributed by atoms with Crippen molar-refractivity contribution in [1.29, 1.82) is 0 Å². The first kappa shape index (κ1) is 25.7. The van der Waals surface area contributed by atoms with Crippen molar-refractivity contribution in [3.05, 3.63) is 63.6 Å². The molecule has 2 rings (SSSR count). The Kier molecular flexibility index (Phi) is 10.3. The van der Waals surface area contributed by atoms with E-state index in [-0.39, 0.29) is 17.5 Å². The topological polar surface area (TPSA) is 63.2 Å². The van der Waals surface area contributed by atoms with E-state index in [1.54, 1.807) is 12.1 Å². The Balaban J connectivity index is 1.85. The van der Waals surface area contributed by atoms with Crippen molar-refractivity contribution in [2.45, 2.75) is 51.2 Å². The van der Waals surface area contributed by atoms with Gasteiger partial charge in [0.1, 0.15) is 5.78 Å². The Labute approximate surface area is 196 Å². The number of ketones is 1. The molecule has 0 saturated carbocycles. The number of carbonyl (C=O) groups excluding carboxylic acids is 1. The summed E-state index contributed by atoms with van der Waals surface area (Å²) in [7, 11) is -3.04. The molecule has 1 atom stereocenters. The highest BCUT2D eigenvalue weighted by Gasteiger charge is 2.14. The third-order valence-corrected chi connectivity index (χ3v) is 6.74. The molecule has 2 aromatic carbocycles. The fourth-order valence-electron chi connectivity index (χ4n) is 3.45. The molecule has 7 heteroatoms. The number of Topliss-reactive ketones (excluding diaryl/α,β-unsaturated/α-hetero) is 1. The molecule has 0 fully saturated rings. The van der Waals surface area contributed by atoms with E-state index in [2.05, 4.69) is 12.2 Å². The summed E-state index contributed by atoms with van der Waals surface area (Å²) in [5, 5.41) is 4.41. The Morgan fingerprint density at radius 3 is 2.32 bits per heavy atom. The second kappa shape index (κ2) is 12.5. The second-order valence-corrected chi connectivity index (χ2v) is 11.1. The van der Waals surface area contributed by atoms with Crippen molar-refractivity contribution >= 4 is 44.5 Å². The van der Waals surface area contributed by atoms with E-state index in [4.69, 9.17) is 23.2 Å². The van der Waals surface area contributed by atoms with E-state index in [9.17, 15) is 13.2 Å². The molecule has 0 spiro atoms. The fourth-order valence-corrected chi connectivity index (χ4v) is 4.55. The van der Waals surface area contributed by atoms with E-state index < -0.39 is 9.84 Å². The average molecular weight is 484 g/mol. The van der Waals surface area contributed by atoms with Crippen molar-refractivity contribution in [3.63, 3.8) is 0 Å². The smallest absolute Gasteiger partial charge is 0.151 e. The molecule has 0 radical (unpaired) electrons. The fraction of sp³-hybridized carbons (Fsp3) is 0.458. The van der Waals surface area contributed by atoms with Crippen LogP contribution in [-0.2, 0) is 26.8 Å². The summed E-state index contributed by atoms with van der Waals surface area (Å²) in [4.78, 5) is 12.6. The highest BCUT2D eigenvalue weighted by atomic mass is 35.5. The molecule has 0 unspecified atom stereocenters. The first-order chi connectivity index (χ1) is 14.7. The lowest BCUT2D eigenvalue weighted by molar-refractivity contribution is -0.119. The third kappa shape index (κ3) is 10.1. The van der Waals surface area contributed by atoms with Crippen LogP contribution in [0, 0.1) is 5.92 Å². The first-order valence-electron chi connectivity index (χ1n) is 10.6. The monoisotopic (exact) mass is 483 g/mol. The molecule has 0 saturated heterocycles. The third-order valence-electron chi connectivity index (χ3n) is 5.14. The van der Waals surface area contributed by atoms with E-state index >= 15 is 0 Å². The van der Waals surface area contributed by atoms with Crippen LogP contribution >= 0.6 is 23.2 Å². The number of carbonyl (C=O) groups is 1. The second-order valence-electron chi connectivity index (χ2n) is 8.15. The number of sulfone groups is 1. The molecule has 2 aromatic rings. The zero-order valence-corrected chi connectivity index (χ0v) is 20.5. The molecule has 0 aromatic heterocycles. The number of hydrogen-bond acceptors (Lipinski definition) is 4. The lowest BCUT2D eigenvalue weighted by Gasteiger charge is -2.18. The number of hydrogen-bond donors (Lipinski definition) is 1. The van der Waals surface area contributed by atoms with Gasteiger partial charge < -0.3 is 5.32 Å². The number of rotatable bonds is 13. The van der Waals surface area contributed by atoms with Gasteiger partial charge in [-0.05, 0) is 48.1 Å². The predicted molar refractivity (Wildman–Crippen MR) is 131 cm³/mol. The van der Waals surface area contributed by atoms with Gasteiger partial charge in [0.05, 0.1) is 15.8 Å². The van der Waals surface area contributed by atoms with Crippen LogP contribution in [0.15, 0.2) is 42.5 Å². The van der Waals surface area contributed by atoms with Crippen molar-refractivity contribution in [2.75, 3.05) is 18.1 Å². The van der Waals surface area contributed by atoms with Gasteiger partial charge in [0.2, 0.25) is 0 Å². The molecule has 0 bridgehead atoms. The van der Waals surface area contributed by atoms with Crippen LogP contribution < -0.4 is 5.32 Å². The molecule has 0 aliphatic rings. The minimum Gasteiger partial charge on any atom is -0.385 e. The van der Waals surface area contributed by atoms with Gasteiger partial charge in [-0.3, -0.25) is 4.79 Å². The standard InChI is InChI=1S/C24H31Cl2NO3S/c1-3-4-5-20(16-27-21-11-13-23(25)24(26)15-21)14-22(28)12-10-18-6-8-19(9-7-18)17-31(2,29)30/h6-9,11,13,15,20,27H,3-5,10,12,14,16-17H2,1-2H3/t20-/m1/s1. The summed E-state index contributed by atoms with van der Waals surface area (Å²) in [6, 6.07) is 12.9. The van der Waals surface area contributed by atoms with E-state index in [0.717, 1.165) is 36.1 Å². The molecular weight excluding hydrogens is 453 g/mol. The van der Waals surface area contributed by atoms with Gasteiger partial charge in [-0.1, -0.05) is 67.2 Å². The Hall–Kier alpha value is -1.56. The number of unbranched alkanes of at least 4 members (excludes halogenated alkanes) is 1. The Bertz CT molecular complexity index is 959. The molecular formula is C24H31Cl2NO3S. The average Bonchev–Trinajstić information content (AvgIpc) is 2.71. The summed E-state index contributed by atoms with van der Waals surface area (Å²) in [5.41, 5.74) is 2.72. The summed E-state index contributed by atoms with van der Waals surface area (Å²) in [5.74, 6) is 0.549. The van der Waals surface area contributed by atoms with Crippen LogP contribution in [0.2, 0.25) is 10.0 Å². The molecule has 170 valence electrons. The molecule has 0 aliphatic heterocycles. The van der Waals surface area contributed by atoms with Gasteiger partial charge in [0, 0.05) is 31.3 Å². The zero-order valence-electron chi connectivity index (χ0n) is 18.2. The van der Waals surface area contributed by atoms with Crippen LogP contribution in [-0.4, -0.2) is 27.0 Å². The Morgan fingerprint density at radius 2 is 1.71 bits per heavy atom. The summed E-state index contributed by atoms with van der Waals surface area (Å²) in [6.07, 6.45) is 6.10. The first-order valence-corrected chi connectivity index (χ1v) is 13.4. The van der Waals surface area contributed by atoms with E-state index in [1.807, 2.05) is 30.3 Å². The van der Waals surface area contributed by atoms with Crippen LogP contribution in [0.25, 0.3) is 0 Å². The van der Waals surface area contributed by atoms with Crippen molar-refractivity contribution < 1.29 is 13.2 Å². The Morgan fingerprint density at radius 1 is 1.03 bits per heavy atom. The van der Waals surface area contributed by atoms with Crippen molar-refractivity contribution in [1.82, 2.24) is 0 Å². The van der Waals surface area contributed by atoms with Crippen LogP contribution in [0.3, 0.4) is 0 Å². The molecule has 1 N–H and O–H groups in total. The molecule has 0 aliphatic carbocycles. The minimum absolute atomic E-state index is 0.0388. The highest BCUT2D eigenvalue weighted by Crippen LogP contribution is 2.26. The van der Waals surface area contributed by atoms with Gasteiger partial charge in [0.15, 0.2) is 9.84 Å². The maximum atomic E-state index is 12.6. The number of halogens is 2. The normalized spacial score (nSPS) is 12.5. The van der Waals surface area contributed by atoms with Gasteiger partial charge in [-0.2, -0.15) is 0 Å². The maximum absolute atomic E-state index is 12.6. The molecule has 0 amide bonds. The quantitative estimate of drug-likeness (QED) is 0.360. The number of anilines is 1. The zero-order chi connectivity index (χ0) is 22.9. The van der Waals surface area contributed by atoms with Crippen molar-refractivity contribution in [2.24, 2.45) is 5.92 Å². The van der Waals surface area contributed by atoms with E-state index in [1.165, 1.54) is 6.26 Å². The molecule has 0 heterocycles. The minimum atomic E-state index is -3.04. The predicted octanol–water partition coefficient (Wildman–Crippen LogP) is 6.35. The maximum Gasteiger partial charge on any atom is 0.151 e. The SMILES string of the molecule is CCCC[C@@H](CNc1ccc(Cl)c(Cl)c1)CC(=O)CCc1ccc(CS(C)(=O)=O)cc1. The van der Waals surface area contributed by atoms with Crippen LogP contribution in [0.4, 0.5) is 5.69 Å². The molecule has 31 heavy (non-hydrogen) atoms. The van der Waals surface area contributed by atoms with Crippen LogP contribution in [0.5, 0.6) is 0 Å².